The third-order valence-corrected chi connectivity index (χ3v) is 2.70. The number of hydrogen-bond donors (Lipinski definition) is 1. The third-order valence-electron chi connectivity index (χ3n) is 2.70. The monoisotopic (exact) mass is 309 g/mol. The zero-order chi connectivity index (χ0) is 15.9. The predicted molar refractivity (Wildman–Crippen MR) is 80.4 cm³/mol. The molecule has 0 aliphatic heterocycles. The van der Waals surface area contributed by atoms with Crippen LogP contribution in [0.2, 0.25) is 0 Å². The summed E-state index contributed by atoms with van der Waals surface area (Å²) < 4.78 is 21.2. The number of ether oxygens (including phenoxy) is 4. The molecule has 1 aromatic rings. The van der Waals surface area contributed by atoms with Gasteiger partial charge in [-0.25, -0.2) is 0 Å². The second kappa shape index (κ2) is 13.2. The molecule has 0 saturated heterocycles. The van der Waals surface area contributed by atoms with Crippen molar-refractivity contribution in [2.45, 2.75) is 6.61 Å². The molecule has 0 spiro atoms. The average Bonchev–Trinajstić information content (AvgIpc) is 2.56. The number of aliphatic hydroxyl groups is 1. The van der Waals surface area contributed by atoms with Gasteiger partial charge in [0.15, 0.2) is 0 Å². The van der Waals surface area contributed by atoms with Gasteiger partial charge in [0, 0.05) is 0 Å². The van der Waals surface area contributed by atoms with Crippen LogP contribution in [0.25, 0.3) is 0 Å². The molecule has 0 aliphatic rings. The largest absolute Gasteiger partial charge is 0.394 e. The van der Waals surface area contributed by atoms with Crippen LogP contribution in [0.4, 0.5) is 0 Å². The molecule has 6 nitrogen and oxygen atoms in total. The molecule has 22 heavy (non-hydrogen) atoms. The van der Waals surface area contributed by atoms with Crippen molar-refractivity contribution in [3.8, 4) is 6.07 Å². The zero-order valence-corrected chi connectivity index (χ0v) is 12.7. The fraction of sp³-hybridized carbons (Fsp3) is 0.562. The zero-order valence-electron chi connectivity index (χ0n) is 12.7. The Bertz CT molecular complexity index is 416. The van der Waals surface area contributed by atoms with Gasteiger partial charge in [0.05, 0.1) is 71.1 Å². The van der Waals surface area contributed by atoms with Crippen molar-refractivity contribution < 1.29 is 24.1 Å². The minimum Gasteiger partial charge on any atom is -0.394 e. The van der Waals surface area contributed by atoms with Crippen molar-refractivity contribution in [2.24, 2.45) is 0 Å². The Hall–Kier alpha value is -1.49. The fourth-order valence-electron chi connectivity index (χ4n) is 1.59. The van der Waals surface area contributed by atoms with Crippen LogP contribution < -0.4 is 0 Å². The quantitative estimate of drug-likeness (QED) is 0.550. The van der Waals surface area contributed by atoms with Gasteiger partial charge in [0.2, 0.25) is 0 Å². The minimum atomic E-state index is 0.0333. The molecule has 0 saturated carbocycles. The molecule has 0 fully saturated rings. The van der Waals surface area contributed by atoms with E-state index in [9.17, 15) is 0 Å². The Labute approximate surface area is 131 Å². The summed E-state index contributed by atoms with van der Waals surface area (Å²) in [5.41, 5.74) is 1.68. The third kappa shape index (κ3) is 9.45. The lowest BCUT2D eigenvalue weighted by Crippen LogP contribution is -2.12. The van der Waals surface area contributed by atoms with Crippen molar-refractivity contribution in [1.82, 2.24) is 0 Å². The number of rotatable bonds is 13. The van der Waals surface area contributed by atoms with Gasteiger partial charge in [0.1, 0.15) is 0 Å². The Balaban J connectivity index is 1.86. The first-order chi connectivity index (χ1) is 10.9. The topological polar surface area (TPSA) is 80.9 Å². The minimum absolute atomic E-state index is 0.0333. The van der Waals surface area contributed by atoms with Crippen LogP contribution in [-0.4, -0.2) is 58.0 Å². The molecule has 0 heterocycles. The van der Waals surface area contributed by atoms with Gasteiger partial charge in [-0.1, -0.05) is 12.1 Å². The maximum Gasteiger partial charge on any atom is 0.0991 e. The highest BCUT2D eigenvalue weighted by atomic mass is 16.6. The van der Waals surface area contributed by atoms with Crippen LogP contribution in [0.5, 0.6) is 0 Å². The molecule has 1 N–H and O–H groups in total. The molecular weight excluding hydrogens is 286 g/mol. The lowest BCUT2D eigenvalue weighted by atomic mass is 10.2. The molecule has 0 aromatic heterocycles. The van der Waals surface area contributed by atoms with Gasteiger partial charge < -0.3 is 24.1 Å². The second-order valence-corrected chi connectivity index (χ2v) is 4.42. The number of nitriles is 1. The van der Waals surface area contributed by atoms with Gasteiger partial charge >= 0.3 is 0 Å². The first-order valence-corrected chi connectivity index (χ1v) is 7.27. The Morgan fingerprint density at radius 1 is 0.773 bits per heavy atom. The molecule has 122 valence electrons. The van der Waals surface area contributed by atoms with E-state index in [1.165, 1.54) is 0 Å². The number of nitrogens with zero attached hydrogens (tertiary/aromatic N) is 1. The summed E-state index contributed by atoms with van der Waals surface area (Å²) in [7, 11) is 0. The molecule has 1 rings (SSSR count). The first kappa shape index (κ1) is 18.6. The second-order valence-electron chi connectivity index (χ2n) is 4.42. The molecular formula is C16H23NO5. The van der Waals surface area contributed by atoms with Crippen molar-refractivity contribution in [3.05, 3.63) is 35.4 Å². The van der Waals surface area contributed by atoms with Gasteiger partial charge in [-0.3, -0.25) is 0 Å². The van der Waals surface area contributed by atoms with Crippen LogP contribution in [0.15, 0.2) is 24.3 Å². The number of hydrogen-bond acceptors (Lipinski definition) is 6. The van der Waals surface area contributed by atoms with Crippen molar-refractivity contribution >= 4 is 0 Å². The summed E-state index contributed by atoms with van der Waals surface area (Å²) in [6.45, 7) is 3.92. The summed E-state index contributed by atoms with van der Waals surface area (Å²) in [6.07, 6.45) is 0. The maximum absolute atomic E-state index is 8.69. The van der Waals surface area contributed by atoms with E-state index in [0.29, 0.717) is 58.4 Å². The highest BCUT2D eigenvalue weighted by Gasteiger charge is 1.95. The molecule has 0 bridgehead atoms. The van der Waals surface area contributed by atoms with E-state index in [4.69, 9.17) is 29.3 Å². The van der Waals surface area contributed by atoms with E-state index < -0.39 is 0 Å². The average molecular weight is 309 g/mol. The van der Waals surface area contributed by atoms with Crippen molar-refractivity contribution in [3.63, 3.8) is 0 Å². The molecule has 0 amide bonds. The Morgan fingerprint density at radius 2 is 1.27 bits per heavy atom. The summed E-state index contributed by atoms with van der Waals surface area (Å²) in [5.74, 6) is 0. The van der Waals surface area contributed by atoms with Crippen LogP contribution in [0.3, 0.4) is 0 Å². The first-order valence-electron chi connectivity index (χ1n) is 7.27. The summed E-state index contributed by atoms with van der Waals surface area (Å²) >= 11 is 0. The lowest BCUT2D eigenvalue weighted by Gasteiger charge is -2.07. The molecule has 0 aliphatic carbocycles. The molecule has 1 aromatic carbocycles. The van der Waals surface area contributed by atoms with Gasteiger partial charge in [0.25, 0.3) is 0 Å². The maximum atomic E-state index is 8.69. The highest BCUT2D eigenvalue weighted by molar-refractivity contribution is 5.31. The fourth-order valence-corrected chi connectivity index (χ4v) is 1.59. The Morgan fingerprint density at radius 3 is 1.77 bits per heavy atom. The summed E-state index contributed by atoms with van der Waals surface area (Å²) in [5, 5.41) is 17.2. The van der Waals surface area contributed by atoms with E-state index in [-0.39, 0.29) is 6.61 Å². The normalized spacial score (nSPS) is 10.5. The van der Waals surface area contributed by atoms with E-state index in [0.717, 1.165) is 5.56 Å². The highest BCUT2D eigenvalue weighted by Crippen LogP contribution is 2.04. The predicted octanol–water partition coefficient (Wildman–Crippen LogP) is 1.12. The van der Waals surface area contributed by atoms with E-state index >= 15 is 0 Å². The van der Waals surface area contributed by atoms with Crippen LogP contribution in [0, 0.1) is 11.3 Å². The van der Waals surface area contributed by atoms with Gasteiger partial charge in [-0.05, 0) is 17.7 Å². The molecule has 6 heteroatoms. The summed E-state index contributed by atoms with van der Waals surface area (Å²) in [6, 6.07) is 9.39. The van der Waals surface area contributed by atoms with Crippen LogP contribution in [-0.2, 0) is 25.6 Å². The van der Waals surface area contributed by atoms with Crippen molar-refractivity contribution in [1.29, 1.82) is 5.26 Å². The standard InChI is InChI=1S/C16H23NO5/c17-13-15-1-3-16(4-2-15)14-22-12-11-21-10-9-20-8-7-19-6-5-18/h1-4,18H,5-12,14H2. The van der Waals surface area contributed by atoms with E-state index in [1.54, 1.807) is 12.1 Å². The Kier molecular flexibility index (Phi) is 11.1. The van der Waals surface area contributed by atoms with Crippen molar-refractivity contribution in [2.75, 3.05) is 52.9 Å². The van der Waals surface area contributed by atoms with E-state index in [1.807, 2.05) is 12.1 Å². The molecule has 0 radical (unpaired) electrons. The van der Waals surface area contributed by atoms with E-state index in [2.05, 4.69) is 6.07 Å². The molecule has 0 atom stereocenters. The van der Waals surface area contributed by atoms with Crippen LogP contribution in [0.1, 0.15) is 11.1 Å². The number of benzene rings is 1. The molecule has 0 unspecified atom stereocenters. The van der Waals surface area contributed by atoms with Gasteiger partial charge in [-0.15, -0.1) is 0 Å². The lowest BCUT2D eigenvalue weighted by molar-refractivity contribution is -0.00743. The SMILES string of the molecule is N#Cc1ccc(COCCOCCOCCOCCO)cc1. The number of aliphatic hydroxyl groups excluding tert-OH is 1. The smallest absolute Gasteiger partial charge is 0.0991 e. The summed E-state index contributed by atoms with van der Waals surface area (Å²) in [4.78, 5) is 0. The van der Waals surface area contributed by atoms with Crippen LogP contribution >= 0.6 is 0 Å². The van der Waals surface area contributed by atoms with Gasteiger partial charge in [-0.2, -0.15) is 5.26 Å².